The van der Waals surface area contributed by atoms with E-state index in [1.165, 1.54) is 13.0 Å². The van der Waals surface area contributed by atoms with E-state index in [2.05, 4.69) is 5.32 Å². The predicted molar refractivity (Wildman–Crippen MR) is 107 cm³/mol. The average Bonchev–Trinajstić information content (AvgIpc) is 2.97. The van der Waals surface area contributed by atoms with Gasteiger partial charge in [-0.3, -0.25) is 14.5 Å². The first-order chi connectivity index (χ1) is 14.7. The highest BCUT2D eigenvalue weighted by molar-refractivity contribution is 6.07. The topological polar surface area (TPSA) is 95.9 Å². The van der Waals surface area contributed by atoms with E-state index in [0.29, 0.717) is 17.7 Å². The number of ether oxygens (including phenoxy) is 1. The van der Waals surface area contributed by atoms with E-state index >= 15 is 0 Å². The van der Waals surface area contributed by atoms with Crippen LogP contribution in [0.15, 0.2) is 42.5 Å². The molecular formula is C22H22F2N2O5. The number of benzene rings is 2. The molecular weight excluding hydrogens is 410 g/mol. The molecule has 164 valence electrons. The Kier molecular flexibility index (Phi) is 6.35. The van der Waals surface area contributed by atoms with Gasteiger partial charge < -0.3 is 15.2 Å². The molecule has 1 fully saturated rings. The molecule has 2 aromatic rings. The zero-order valence-corrected chi connectivity index (χ0v) is 17.0. The average molecular weight is 432 g/mol. The molecule has 1 aliphatic rings. The Bertz CT molecular complexity index is 1010. The van der Waals surface area contributed by atoms with Crippen molar-refractivity contribution in [3.8, 4) is 5.75 Å². The molecule has 0 spiro atoms. The van der Waals surface area contributed by atoms with E-state index in [4.69, 9.17) is 4.74 Å². The number of hydrogen-bond acceptors (Lipinski definition) is 5. The van der Waals surface area contributed by atoms with Crippen molar-refractivity contribution < 1.29 is 33.0 Å². The molecule has 1 aliphatic heterocycles. The van der Waals surface area contributed by atoms with Crippen LogP contribution in [0.1, 0.15) is 36.2 Å². The first-order valence-electron chi connectivity index (χ1n) is 9.69. The standard InChI is InChI=1S/C22H22F2N2O5/c1-3-19(28)13-4-7-16(8-5-13)31-12-15(27)11-26-20(29)22(2,25-21(26)30)14-6-9-17(23)18(24)10-14/h4-10,15,27H,3,11-12H2,1-2H3,(H,25,30)/t15-,22+/m1/s1. The molecule has 0 unspecified atom stereocenters. The number of nitrogens with zero attached hydrogens (tertiary/aromatic N) is 1. The summed E-state index contributed by atoms with van der Waals surface area (Å²) >= 11 is 0. The van der Waals surface area contributed by atoms with Gasteiger partial charge >= 0.3 is 6.03 Å². The summed E-state index contributed by atoms with van der Waals surface area (Å²) in [7, 11) is 0. The van der Waals surface area contributed by atoms with Crippen LogP contribution in [0, 0.1) is 11.6 Å². The van der Waals surface area contributed by atoms with E-state index in [0.717, 1.165) is 17.0 Å². The fourth-order valence-electron chi connectivity index (χ4n) is 3.26. The van der Waals surface area contributed by atoms with Crippen LogP contribution in [-0.2, 0) is 10.3 Å². The number of imide groups is 1. The Balaban J connectivity index is 1.62. The van der Waals surface area contributed by atoms with Crippen LogP contribution >= 0.6 is 0 Å². The molecule has 1 saturated heterocycles. The smallest absolute Gasteiger partial charge is 0.325 e. The summed E-state index contributed by atoms with van der Waals surface area (Å²) in [6.07, 6.45) is -0.812. The van der Waals surface area contributed by atoms with Gasteiger partial charge in [-0.15, -0.1) is 0 Å². The molecule has 0 aromatic heterocycles. The number of rotatable bonds is 8. The minimum Gasteiger partial charge on any atom is -0.491 e. The van der Waals surface area contributed by atoms with Crippen molar-refractivity contribution in [1.29, 1.82) is 0 Å². The van der Waals surface area contributed by atoms with Crippen LogP contribution < -0.4 is 10.1 Å². The molecule has 1 heterocycles. The van der Waals surface area contributed by atoms with Gasteiger partial charge in [-0.25, -0.2) is 13.6 Å². The molecule has 0 radical (unpaired) electrons. The molecule has 2 aromatic carbocycles. The Morgan fingerprint density at radius 2 is 1.84 bits per heavy atom. The van der Waals surface area contributed by atoms with Crippen LogP contribution in [0.4, 0.5) is 13.6 Å². The fourth-order valence-corrected chi connectivity index (χ4v) is 3.26. The normalized spacial score (nSPS) is 19.3. The number of nitrogens with one attached hydrogen (secondary N) is 1. The van der Waals surface area contributed by atoms with E-state index in [9.17, 15) is 28.3 Å². The van der Waals surface area contributed by atoms with Crippen LogP contribution in [0.25, 0.3) is 0 Å². The van der Waals surface area contributed by atoms with Gasteiger partial charge in [-0.2, -0.15) is 0 Å². The number of ketones is 1. The highest BCUT2D eigenvalue weighted by Crippen LogP contribution is 2.30. The highest BCUT2D eigenvalue weighted by atomic mass is 19.2. The number of carbonyl (C=O) groups is 3. The summed E-state index contributed by atoms with van der Waals surface area (Å²) in [5, 5.41) is 12.7. The van der Waals surface area contributed by atoms with Crippen LogP contribution in [0.3, 0.4) is 0 Å². The Morgan fingerprint density at radius 1 is 1.16 bits per heavy atom. The monoisotopic (exact) mass is 432 g/mol. The predicted octanol–water partition coefficient (Wildman–Crippen LogP) is 2.76. The largest absolute Gasteiger partial charge is 0.491 e. The van der Waals surface area contributed by atoms with Gasteiger partial charge in [0.25, 0.3) is 5.91 Å². The number of Topliss-reactive ketones (excluding diaryl/α,β-unsaturated/α-hetero) is 1. The first-order valence-corrected chi connectivity index (χ1v) is 9.69. The van der Waals surface area contributed by atoms with Crippen LogP contribution in [0.5, 0.6) is 5.75 Å². The SMILES string of the molecule is CCC(=O)c1ccc(OC[C@H](O)CN2C(=O)N[C@@](C)(c3ccc(F)c(F)c3)C2=O)cc1. The molecule has 2 N–H and O–H groups in total. The summed E-state index contributed by atoms with van der Waals surface area (Å²) < 4.78 is 32.3. The lowest BCUT2D eigenvalue weighted by Crippen LogP contribution is -2.42. The minimum absolute atomic E-state index is 0.00534. The number of halogens is 2. The maximum absolute atomic E-state index is 13.6. The van der Waals surface area contributed by atoms with Gasteiger partial charge in [0.2, 0.25) is 0 Å². The molecule has 0 aliphatic carbocycles. The fraction of sp³-hybridized carbons (Fsp3) is 0.318. The second-order valence-electron chi connectivity index (χ2n) is 7.37. The van der Waals surface area contributed by atoms with Crippen molar-refractivity contribution in [2.24, 2.45) is 0 Å². The molecule has 0 saturated carbocycles. The van der Waals surface area contributed by atoms with Crippen LogP contribution in [0.2, 0.25) is 0 Å². The maximum atomic E-state index is 13.6. The molecule has 3 rings (SSSR count). The van der Waals surface area contributed by atoms with Gasteiger partial charge in [0.1, 0.15) is 24.0 Å². The van der Waals surface area contributed by atoms with Gasteiger partial charge in [-0.1, -0.05) is 13.0 Å². The Labute approximate surface area is 177 Å². The Hall–Kier alpha value is -3.33. The second-order valence-corrected chi connectivity index (χ2v) is 7.37. The lowest BCUT2D eigenvalue weighted by molar-refractivity contribution is -0.132. The molecule has 9 heteroatoms. The maximum Gasteiger partial charge on any atom is 0.325 e. The van der Waals surface area contributed by atoms with Crippen molar-refractivity contribution >= 4 is 17.7 Å². The van der Waals surface area contributed by atoms with E-state index in [-0.39, 0.29) is 24.5 Å². The first kappa shape index (κ1) is 22.4. The van der Waals surface area contributed by atoms with E-state index in [1.54, 1.807) is 31.2 Å². The zero-order valence-electron chi connectivity index (χ0n) is 17.0. The molecule has 3 amide bonds. The van der Waals surface area contributed by atoms with Gasteiger partial charge in [0.15, 0.2) is 17.4 Å². The summed E-state index contributed by atoms with van der Waals surface area (Å²) in [5.74, 6) is -2.50. The third-order valence-electron chi connectivity index (χ3n) is 5.11. The number of carbonyl (C=O) groups excluding carboxylic acids is 3. The lowest BCUT2D eigenvalue weighted by atomic mass is 9.92. The van der Waals surface area contributed by atoms with Crippen molar-refractivity contribution in [2.45, 2.75) is 31.9 Å². The molecule has 0 bridgehead atoms. The quantitative estimate of drug-likeness (QED) is 0.494. The molecule has 2 atom stereocenters. The number of aliphatic hydroxyl groups excluding tert-OH is 1. The number of aliphatic hydroxyl groups is 1. The summed E-state index contributed by atoms with van der Waals surface area (Å²) in [5.41, 5.74) is -0.959. The zero-order chi connectivity index (χ0) is 22.8. The number of β-amino-alcohol motifs (C(OH)–C–C–N with tert-alkyl or cyclic N) is 1. The molecule has 7 nitrogen and oxygen atoms in total. The van der Waals surface area contributed by atoms with Gasteiger partial charge in [0.05, 0.1) is 6.54 Å². The van der Waals surface area contributed by atoms with Crippen molar-refractivity contribution in [1.82, 2.24) is 10.2 Å². The third kappa shape index (κ3) is 4.56. The Morgan fingerprint density at radius 3 is 2.45 bits per heavy atom. The number of amides is 3. The summed E-state index contributed by atoms with van der Waals surface area (Å²) in [4.78, 5) is 37.6. The van der Waals surface area contributed by atoms with E-state index in [1.807, 2.05) is 0 Å². The second kappa shape index (κ2) is 8.81. The third-order valence-corrected chi connectivity index (χ3v) is 5.11. The number of hydrogen-bond donors (Lipinski definition) is 2. The highest BCUT2D eigenvalue weighted by Gasteiger charge is 2.49. The molecule has 31 heavy (non-hydrogen) atoms. The van der Waals surface area contributed by atoms with Crippen LogP contribution in [-0.4, -0.2) is 47.0 Å². The van der Waals surface area contributed by atoms with E-state index < -0.39 is 35.2 Å². The van der Waals surface area contributed by atoms with Crippen molar-refractivity contribution in [2.75, 3.05) is 13.2 Å². The lowest BCUT2D eigenvalue weighted by Gasteiger charge is -2.23. The summed E-state index contributed by atoms with van der Waals surface area (Å²) in [6.45, 7) is 2.58. The summed E-state index contributed by atoms with van der Waals surface area (Å²) in [6, 6.07) is 8.57. The van der Waals surface area contributed by atoms with Crippen molar-refractivity contribution in [3.05, 3.63) is 65.2 Å². The minimum atomic E-state index is -1.59. The van der Waals surface area contributed by atoms with Crippen molar-refractivity contribution in [3.63, 3.8) is 0 Å². The van der Waals surface area contributed by atoms with Gasteiger partial charge in [0, 0.05) is 12.0 Å². The number of urea groups is 1. The van der Waals surface area contributed by atoms with Gasteiger partial charge in [-0.05, 0) is 48.9 Å².